The van der Waals surface area contributed by atoms with Gasteiger partial charge in [-0.05, 0) is 31.7 Å². The maximum Gasteiger partial charge on any atom is 0.415 e. The second kappa shape index (κ2) is 5.67. The molecule has 2 rings (SSSR count). The van der Waals surface area contributed by atoms with Gasteiger partial charge in [-0.15, -0.1) is 0 Å². The summed E-state index contributed by atoms with van der Waals surface area (Å²) in [5, 5.41) is 0. The highest BCUT2D eigenvalue weighted by atomic mass is 19.4. The molecular weight excluding hydrogens is 281 g/mol. The molecule has 2 unspecified atom stereocenters. The number of hydrogen-bond donors (Lipinski definition) is 1. The van der Waals surface area contributed by atoms with Crippen molar-refractivity contribution < 1.29 is 18.0 Å². The lowest BCUT2D eigenvalue weighted by Crippen LogP contribution is -2.63. The van der Waals surface area contributed by atoms with Gasteiger partial charge in [0.25, 0.3) is 5.91 Å². The molecule has 1 fully saturated rings. The topological polar surface area (TPSA) is 46.3 Å². The summed E-state index contributed by atoms with van der Waals surface area (Å²) in [5.41, 5.74) is 3.44. The Bertz CT molecular complexity index is 499. The van der Waals surface area contributed by atoms with Gasteiger partial charge in [-0.1, -0.05) is 30.3 Å². The van der Waals surface area contributed by atoms with Crippen LogP contribution in [0.5, 0.6) is 0 Å². The Hall–Kier alpha value is -1.56. The van der Waals surface area contributed by atoms with E-state index in [4.69, 9.17) is 5.73 Å². The summed E-state index contributed by atoms with van der Waals surface area (Å²) in [7, 11) is 0. The van der Waals surface area contributed by atoms with Crippen LogP contribution in [0.15, 0.2) is 30.3 Å². The zero-order valence-electron chi connectivity index (χ0n) is 11.9. The van der Waals surface area contributed by atoms with E-state index in [9.17, 15) is 18.0 Å². The predicted octanol–water partition coefficient (Wildman–Crippen LogP) is 2.50. The minimum atomic E-state index is -4.75. The number of halogens is 3. The number of amides is 1. The first kappa shape index (κ1) is 15.8. The number of alkyl halides is 3. The monoisotopic (exact) mass is 300 g/mol. The lowest BCUT2D eigenvalue weighted by Gasteiger charge is -2.34. The molecule has 1 aromatic rings. The van der Waals surface area contributed by atoms with Crippen molar-refractivity contribution in [3.8, 4) is 0 Å². The van der Waals surface area contributed by atoms with Crippen LogP contribution in [0.2, 0.25) is 0 Å². The van der Waals surface area contributed by atoms with Crippen LogP contribution in [0.1, 0.15) is 25.3 Å². The number of nitrogens with two attached hydrogens (primary N) is 1. The summed E-state index contributed by atoms with van der Waals surface area (Å²) >= 11 is 0. The van der Waals surface area contributed by atoms with Crippen LogP contribution in [-0.4, -0.2) is 35.1 Å². The Kier molecular flexibility index (Phi) is 4.27. The van der Waals surface area contributed by atoms with E-state index in [-0.39, 0.29) is 6.04 Å². The van der Waals surface area contributed by atoms with Gasteiger partial charge in [-0.25, -0.2) is 0 Å². The van der Waals surface area contributed by atoms with Gasteiger partial charge in [0.2, 0.25) is 0 Å². The molecule has 3 nitrogen and oxygen atoms in total. The number of hydrogen-bond acceptors (Lipinski definition) is 2. The van der Waals surface area contributed by atoms with E-state index in [1.54, 1.807) is 0 Å². The molecule has 21 heavy (non-hydrogen) atoms. The summed E-state index contributed by atoms with van der Waals surface area (Å²) in [5.74, 6) is -1.03. The Morgan fingerprint density at radius 1 is 1.33 bits per heavy atom. The van der Waals surface area contributed by atoms with Crippen molar-refractivity contribution in [2.45, 2.75) is 43.9 Å². The summed E-state index contributed by atoms with van der Waals surface area (Å²) in [6, 6.07) is 9.23. The van der Waals surface area contributed by atoms with Crippen LogP contribution >= 0.6 is 0 Å². The zero-order valence-corrected chi connectivity index (χ0v) is 11.9. The fourth-order valence-electron chi connectivity index (χ4n) is 2.62. The van der Waals surface area contributed by atoms with Crippen molar-refractivity contribution in [1.82, 2.24) is 4.90 Å². The highest BCUT2D eigenvalue weighted by Gasteiger charge is 2.56. The van der Waals surface area contributed by atoms with Crippen molar-refractivity contribution in [1.29, 1.82) is 0 Å². The Balaban J connectivity index is 2.13. The third kappa shape index (κ3) is 3.20. The van der Waals surface area contributed by atoms with Crippen molar-refractivity contribution in [3.05, 3.63) is 35.9 Å². The second-order valence-electron chi connectivity index (χ2n) is 5.68. The first-order valence-electron chi connectivity index (χ1n) is 6.94. The lowest BCUT2D eigenvalue weighted by molar-refractivity contribution is -0.194. The van der Waals surface area contributed by atoms with Crippen molar-refractivity contribution in [3.63, 3.8) is 0 Å². The molecular formula is C15H19F3N2O. The van der Waals surface area contributed by atoms with Crippen LogP contribution in [0.4, 0.5) is 13.2 Å². The average Bonchev–Trinajstić information content (AvgIpc) is 2.85. The molecule has 0 bridgehead atoms. The Labute approximate surface area is 121 Å². The largest absolute Gasteiger partial charge is 0.415 e. The molecule has 1 saturated heterocycles. The van der Waals surface area contributed by atoms with Gasteiger partial charge in [0.1, 0.15) is 0 Å². The van der Waals surface area contributed by atoms with Crippen molar-refractivity contribution >= 4 is 5.91 Å². The Morgan fingerprint density at radius 3 is 2.52 bits per heavy atom. The smallest absolute Gasteiger partial charge is 0.337 e. The van der Waals surface area contributed by atoms with Gasteiger partial charge in [-0.2, -0.15) is 13.2 Å². The highest BCUT2D eigenvalue weighted by molar-refractivity contribution is 5.87. The second-order valence-corrected chi connectivity index (χ2v) is 5.68. The average molecular weight is 300 g/mol. The molecule has 0 aliphatic carbocycles. The highest BCUT2D eigenvalue weighted by Crippen LogP contribution is 2.32. The fraction of sp³-hybridized carbons (Fsp3) is 0.533. The summed E-state index contributed by atoms with van der Waals surface area (Å²) in [6.45, 7) is 1.08. The SMILES string of the molecule is CC(N)(C(=O)N1CCCC1Cc1ccccc1)C(F)(F)F. The third-order valence-electron chi connectivity index (χ3n) is 3.99. The van der Waals surface area contributed by atoms with Gasteiger partial charge in [-0.3, -0.25) is 4.79 Å². The molecule has 0 aromatic heterocycles. The molecule has 1 amide bonds. The number of nitrogens with zero attached hydrogens (tertiary/aromatic N) is 1. The Morgan fingerprint density at radius 2 is 1.95 bits per heavy atom. The number of carbonyl (C=O) groups is 1. The molecule has 2 atom stereocenters. The molecule has 0 spiro atoms. The van der Waals surface area contributed by atoms with Gasteiger partial charge >= 0.3 is 6.18 Å². The summed E-state index contributed by atoms with van der Waals surface area (Å²) in [6.07, 6.45) is -2.78. The molecule has 1 aliphatic heterocycles. The van der Waals surface area contributed by atoms with Crippen molar-refractivity contribution in [2.24, 2.45) is 5.73 Å². The maximum atomic E-state index is 12.9. The number of benzene rings is 1. The molecule has 0 saturated carbocycles. The quantitative estimate of drug-likeness (QED) is 0.932. The third-order valence-corrected chi connectivity index (χ3v) is 3.99. The van der Waals surface area contributed by atoms with Gasteiger partial charge in [0.05, 0.1) is 0 Å². The van der Waals surface area contributed by atoms with E-state index in [0.29, 0.717) is 25.8 Å². The van der Waals surface area contributed by atoms with Crippen molar-refractivity contribution in [2.75, 3.05) is 6.54 Å². The molecule has 1 aromatic carbocycles. The molecule has 2 N–H and O–H groups in total. The first-order valence-corrected chi connectivity index (χ1v) is 6.94. The van der Waals surface area contributed by atoms with E-state index in [1.807, 2.05) is 30.3 Å². The number of carbonyl (C=O) groups excluding carboxylic acids is 1. The zero-order chi connectivity index (χ0) is 15.7. The van der Waals surface area contributed by atoms with E-state index in [1.165, 1.54) is 4.90 Å². The van der Waals surface area contributed by atoms with Gasteiger partial charge in [0, 0.05) is 12.6 Å². The molecule has 6 heteroatoms. The first-order chi connectivity index (χ1) is 9.73. The molecule has 0 radical (unpaired) electrons. The van der Waals surface area contributed by atoms with Crippen LogP contribution in [-0.2, 0) is 11.2 Å². The summed E-state index contributed by atoms with van der Waals surface area (Å²) in [4.78, 5) is 13.5. The number of likely N-dealkylation sites (tertiary alicyclic amines) is 1. The van der Waals surface area contributed by atoms with E-state index in [0.717, 1.165) is 12.5 Å². The van der Waals surface area contributed by atoms with Crippen LogP contribution in [0.25, 0.3) is 0 Å². The normalized spacial score (nSPS) is 22.1. The number of rotatable bonds is 3. The van der Waals surface area contributed by atoms with E-state index in [2.05, 4.69) is 0 Å². The lowest BCUT2D eigenvalue weighted by atomic mass is 9.98. The fourth-order valence-corrected chi connectivity index (χ4v) is 2.62. The maximum absolute atomic E-state index is 12.9. The van der Waals surface area contributed by atoms with Crippen LogP contribution in [0, 0.1) is 0 Å². The van der Waals surface area contributed by atoms with E-state index < -0.39 is 17.6 Å². The predicted molar refractivity (Wildman–Crippen MR) is 73.5 cm³/mol. The minimum Gasteiger partial charge on any atom is -0.337 e. The standard InChI is InChI=1S/C15H19F3N2O/c1-14(19,15(16,17)18)13(21)20-9-5-8-12(20)10-11-6-3-2-4-7-11/h2-4,6-7,12H,5,8-10,19H2,1H3. The van der Waals surface area contributed by atoms with E-state index >= 15 is 0 Å². The van der Waals surface area contributed by atoms with Gasteiger partial charge in [0.15, 0.2) is 5.54 Å². The molecule has 1 aliphatic rings. The summed E-state index contributed by atoms with van der Waals surface area (Å²) < 4.78 is 38.8. The van der Waals surface area contributed by atoms with Gasteiger partial charge < -0.3 is 10.6 Å². The minimum absolute atomic E-state index is 0.217. The van der Waals surface area contributed by atoms with Crippen LogP contribution in [0.3, 0.4) is 0 Å². The molecule has 116 valence electrons. The molecule has 1 heterocycles. The van der Waals surface area contributed by atoms with Crippen LogP contribution < -0.4 is 5.73 Å².